The molecule has 0 saturated carbocycles. The van der Waals surface area contributed by atoms with Gasteiger partial charge < -0.3 is 14.6 Å². The number of carbonyl (C=O) groups excluding carboxylic acids is 1. The Morgan fingerprint density at radius 3 is 3.00 bits per heavy atom. The molecule has 1 aromatic heterocycles. The van der Waals surface area contributed by atoms with E-state index in [0.29, 0.717) is 11.8 Å². The third kappa shape index (κ3) is 3.00. The van der Waals surface area contributed by atoms with E-state index in [-0.39, 0.29) is 18.3 Å². The second-order valence-corrected chi connectivity index (χ2v) is 5.81. The van der Waals surface area contributed by atoms with Gasteiger partial charge >= 0.3 is 0 Å². The number of carbonyl (C=O) groups is 1. The summed E-state index contributed by atoms with van der Waals surface area (Å²) >= 11 is 3.42. The van der Waals surface area contributed by atoms with E-state index in [0.717, 1.165) is 35.1 Å². The zero-order valence-electron chi connectivity index (χ0n) is 11.1. The molecular weight excluding hydrogens is 344 g/mol. The average molecular weight is 360 g/mol. The summed E-state index contributed by atoms with van der Waals surface area (Å²) in [6.45, 7) is 4.36. The SMILES string of the molecule is CC1CN(C(=O)c2cc3cc(Br)ccc3o2)CCN1.Cl. The first-order valence-corrected chi connectivity index (χ1v) is 7.14. The van der Waals surface area contributed by atoms with Gasteiger partial charge in [-0.1, -0.05) is 15.9 Å². The molecule has 1 aromatic carbocycles. The van der Waals surface area contributed by atoms with Crippen LogP contribution in [0.15, 0.2) is 33.2 Å². The molecule has 4 nitrogen and oxygen atoms in total. The van der Waals surface area contributed by atoms with E-state index in [1.54, 1.807) is 0 Å². The summed E-state index contributed by atoms with van der Waals surface area (Å²) in [5.41, 5.74) is 0.745. The van der Waals surface area contributed by atoms with Crippen molar-refractivity contribution in [1.82, 2.24) is 10.2 Å². The number of nitrogens with zero attached hydrogens (tertiary/aromatic N) is 1. The molecule has 1 atom stereocenters. The highest BCUT2D eigenvalue weighted by atomic mass is 79.9. The van der Waals surface area contributed by atoms with E-state index < -0.39 is 0 Å². The minimum Gasteiger partial charge on any atom is -0.451 e. The summed E-state index contributed by atoms with van der Waals surface area (Å²) in [5.74, 6) is 0.392. The minimum absolute atomic E-state index is 0. The monoisotopic (exact) mass is 358 g/mol. The van der Waals surface area contributed by atoms with Crippen LogP contribution >= 0.6 is 28.3 Å². The number of nitrogens with one attached hydrogen (secondary N) is 1. The highest BCUT2D eigenvalue weighted by Gasteiger charge is 2.24. The largest absolute Gasteiger partial charge is 0.451 e. The lowest BCUT2D eigenvalue weighted by Gasteiger charge is -2.31. The molecule has 1 fully saturated rings. The van der Waals surface area contributed by atoms with Gasteiger partial charge in [0.1, 0.15) is 5.58 Å². The van der Waals surface area contributed by atoms with Gasteiger partial charge in [-0.3, -0.25) is 4.79 Å². The molecule has 2 aromatic rings. The van der Waals surface area contributed by atoms with Crippen molar-refractivity contribution in [2.45, 2.75) is 13.0 Å². The fourth-order valence-corrected chi connectivity index (χ4v) is 2.77. The Morgan fingerprint density at radius 2 is 2.25 bits per heavy atom. The molecule has 1 N–H and O–H groups in total. The number of halogens is 2. The van der Waals surface area contributed by atoms with Gasteiger partial charge in [-0.25, -0.2) is 0 Å². The predicted octanol–water partition coefficient (Wildman–Crippen LogP) is 3.05. The van der Waals surface area contributed by atoms with Crippen molar-refractivity contribution in [2.75, 3.05) is 19.6 Å². The van der Waals surface area contributed by atoms with E-state index in [2.05, 4.69) is 28.2 Å². The number of hydrogen-bond acceptors (Lipinski definition) is 3. The van der Waals surface area contributed by atoms with Crippen LogP contribution < -0.4 is 5.32 Å². The molecule has 108 valence electrons. The van der Waals surface area contributed by atoms with Gasteiger partial charge in [0.15, 0.2) is 5.76 Å². The van der Waals surface area contributed by atoms with Crippen molar-refractivity contribution < 1.29 is 9.21 Å². The third-order valence-corrected chi connectivity index (χ3v) is 3.84. The molecule has 1 saturated heterocycles. The Kier molecular flexibility index (Phi) is 4.73. The second-order valence-electron chi connectivity index (χ2n) is 4.90. The normalized spacial score (nSPS) is 18.9. The zero-order chi connectivity index (χ0) is 13.4. The molecule has 3 rings (SSSR count). The lowest BCUT2D eigenvalue weighted by Crippen LogP contribution is -2.51. The van der Waals surface area contributed by atoms with E-state index >= 15 is 0 Å². The molecule has 1 amide bonds. The van der Waals surface area contributed by atoms with Gasteiger partial charge in [0, 0.05) is 35.5 Å². The van der Waals surface area contributed by atoms with Crippen LogP contribution in [-0.2, 0) is 0 Å². The molecule has 1 aliphatic rings. The maximum Gasteiger partial charge on any atom is 0.289 e. The van der Waals surface area contributed by atoms with Crippen LogP contribution in [0.2, 0.25) is 0 Å². The Balaban J connectivity index is 0.00000147. The van der Waals surface area contributed by atoms with Gasteiger partial charge in [0.25, 0.3) is 5.91 Å². The third-order valence-electron chi connectivity index (χ3n) is 3.35. The van der Waals surface area contributed by atoms with Crippen molar-refractivity contribution in [3.05, 3.63) is 34.5 Å². The molecular formula is C14H16BrClN2O2. The van der Waals surface area contributed by atoms with Gasteiger partial charge in [-0.2, -0.15) is 0 Å². The van der Waals surface area contributed by atoms with Crippen LogP contribution in [0.3, 0.4) is 0 Å². The highest BCUT2D eigenvalue weighted by Crippen LogP contribution is 2.24. The van der Waals surface area contributed by atoms with Crippen LogP contribution in [0.25, 0.3) is 11.0 Å². The molecule has 2 heterocycles. The van der Waals surface area contributed by atoms with Gasteiger partial charge in [0.2, 0.25) is 0 Å². The Labute approximate surface area is 132 Å². The van der Waals surface area contributed by atoms with E-state index in [1.807, 2.05) is 29.2 Å². The van der Waals surface area contributed by atoms with Crippen molar-refractivity contribution >= 4 is 45.2 Å². The van der Waals surface area contributed by atoms with E-state index in [4.69, 9.17) is 4.42 Å². The van der Waals surface area contributed by atoms with Gasteiger partial charge in [0.05, 0.1) is 0 Å². The van der Waals surface area contributed by atoms with Crippen molar-refractivity contribution in [3.8, 4) is 0 Å². The van der Waals surface area contributed by atoms with Gasteiger partial charge in [-0.15, -0.1) is 12.4 Å². The van der Waals surface area contributed by atoms with E-state index in [1.165, 1.54) is 0 Å². The molecule has 0 radical (unpaired) electrons. The summed E-state index contributed by atoms with van der Waals surface area (Å²) in [4.78, 5) is 14.2. The molecule has 0 aliphatic carbocycles. The van der Waals surface area contributed by atoms with Crippen molar-refractivity contribution in [2.24, 2.45) is 0 Å². The number of amides is 1. The lowest BCUT2D eigenvalue weighted by molar-refractivity contribution is 0.0679. The predicted molar refractivity (Wildman–Crippen MR) is 84.5 cm³/mol. The molecule has 6 heteroatoms. The smallest absolute Gasteiger partial charge is 0.289 e. The number of furan rings is 1. The van der Waals surface area contributed by atoms with Crippen LogP contribution in [0, 0.1) is 0 Å². The second kappa shape index (κ2) is 6.16. The summed E-state index contributed by atoms with van der Waals surface area (Å²) in [6.07, 6.45) is 0. The van der Waals surface area contributed by atoms with Crippen molar-refractivity contribution in [1.29, 1.82) is 0 Å². The van der Waals surface area contributed by atoms with Gasteiger partial charge in [-0.05, 0) is 31.2 Å². The summed E-state index contributed by atoms with van der Waals surface area (Å²) in [5, 5.41) is 4.27. The fraction of sp³-hybridized carbons (Fsp3) is 0.357. The molecule has 20 heavy (non-hydrogen) atoms. The van der Waals surface area contributed by atoms with Crippen molar-refractivity contribution in [3.63, 3.8) is 0 Å². The summed E-state index contributed by atoms with van der Waals surface area (Å²) < 4.78 is 6.62. The number of rotatable bonds is 1. The van der Waals surface area contributed by atoms with Crippen LogP contribution in [0.1, 0.15) is 17.5 Å². The minimum atomic E-state index is -0.0272. The molecule has 1 unspecified atom stereocenters. The highest BCUT2D eigenvalue weighted by molar-refractivity contribution is 9.10. The number of piperazine rings is 1. The zero-order valence-corrected chi connectivity index (χ0v) is 13.5. The lowest BCUT2D eigenvalue weighted by atomic mass is 10.2. The fourth-order valence-electron chi connectivity index (χ4n) is 2.39. The first-order valence-electron chi connectivity index (χ1n) is 6.35. The van der Waals surface area contributed by atoms with Crippen LogP contribution in [0.4, 0.5) is 0 Å². The first-order chi connectivity index (χ1) is 9.13. The van der Waals surface area contributed by atoms with E-state index in [9.17, 15) is 4.79 Å². The topological polar surface area (TPSA) is 45.5 Å². The Bertz CT molecular complexity index is 629. The molecule has 1 aliphatic heterocycles. The Morgan fingerprint density at radius 1 is 1.45 bits per heavy atom. The quantitative estimate of drug-likeness (QED) is 0.851. The summed E-state index contributed by atoms with van der Waals surface area (Å²) in [7, 11) is 0. The average Bonchev–Trinajstić information content (AvgIpc) is 2.80. The Hall–Kier alpha value is -1.04. The standard InChI is InChI=1S/C14H15BrN2O2.ClH/c1-9-8-17(5-4-16-9)14(18)13-7-10-6-11(15)2-3-12(10)19-13;/h2-3,6-7,9,16H,4-5,8H2,1H3;1H. The number of benzene rings is 1. The number of hydrogen-bond donors (Lipinski definition) is 1. The van der Waals surface area contributed by atoms with Crippen LogP contribution in [0.5, 0.6) is 0 Å². The number of fused-ring (bicyclic) bond motifs is 1. The maximum absolute atomic E-state index is 12.4. The maximum atomic E-state index is 12.4. The molecule has 0 bridgehead atoms. The summed E-state index contributed by atoms with van der Waals surface area (Å²) in [6, 6.07) is 7.88. The first kappa shape index (κ1) is 15.4. The van der Waals surface area contributed by atoms with Crippen LogP contribution in [-0.4, -0.2) is 36.5 Å². The molecule has 0 spiro atoms.